The van der Waals surface area contributed by atoms with E-state index in [1.807, 2.05) is 0 Å². The predicted octanol–water partition coefficient (Wildman–Crippen LogP) is 2.77. The van der Waals surface area contributed by atoms with E-state index in [2.05, 4.69) is 9.97 Å². The van der Waals surface area contributed by atoms with Crippen LogP contribution in [0.5, 0.6) is 5.75 Å². The molecule has 104 valence electrons. The lowest BCUT2D eigenvalue weighted by Gasteiger charge is -2.11. The third-order valence-electron chi connectivity index (χ3n) is 2.47. The van der Waals surface area contributed by atoms with E-state index < -0.39 is 11.8 Å². The summed E-state index contributed by atoms with van der Waals surface area (Å²) in [5.74, 6) is -1.67. The number of aromatic nitrogens is 2. The van der Waals surface area contributed by atoms with Crippen LogP contribution in [0.25, 0.3) is 11.3 Å². The highest BCUT2D eigenvalue weighted by Crippen LogP contribution is 2.26. The SMILES string of the molecule is CC(C)Oc1ccc(-c2nccnc2C(=O)O)cc1F. The largest absolute Gasteiger partial charge is 0.488 e. The van der Waals surface area contributed by atoms with Crippen LogP contribution in [0, 0.1) is 5.82 Å². The monoisotopic (exact) mass is 276 g/mol. The molecule has 6 heteroatoms. The standard InChI is InChI=1S/C14H13FN2O3/c1-8(2)20-11-4-3-9(7-10(11)15)12-13(14(18)19)17-6-5-16-12/h3-8H,1-2H3,(H,18,19). The first kappa shape index (κ1) is 13.9. The molecule has 0 unspecified atom stereocenters. The lowest BCUT2D eigenvalue weighted by molar-refractivity contribution is 0.0691. The van der Waals surface area contributed by atoms with Gasteiger partial charge >= 0.3 is 5.97 Å². The van der Waals surface area contributed by atoms with Crippen molar-refractivity contribution in [2.24, 2.45) is 0 Å². The lowest BCUT2D eigenvalue weighted by Crippen LogP contribution is -2.07. The maximum atomic E-state index is 13.9. The number of carbonyl (C=O) groups is 1. The molecule has 0 amide bonds. The first-order valence-electron chi connectivity index (χ1n) is 6.00. The van der Waals surface area contributed by atoms with Gasteiger partial charge in [0.1, 0.15) is 5.69 Å². The number of nitrogens with zero attached hydrogens (tertiary/aromatic N) is 2. The molecule has 1 aromatic heterocycles. The van der Waals surface area contributed by atoms with E-state index in [4.69, 9.17) is 9.84 Å². The van der Waals surface area contributed by atoms with Gasteiger partial charge in [-0.25, -0.2) is 14.2 Å². The Balaban J connectivity index is 2.45. The molecule has 0 saturated carbocycles. The van der Waals surface area contributed by atoms with Crippen LogP contribution in [0.2, 0.25) is 0 Å². The molecular weight excluding hydrogens is 263 g/mol. The van der Waals surface area contributed by atoms with Crippen LogP contribution in [0.4, 0.5) is 4.39 Å². The fourth-order valence-corrected chi connectivity index (χ4v) is 1.70. The second-order valence-corrected chi connectivity index (χ2v) is 4.37. The first-order valence-corrected chi connectivity index (χ1v) is 6.00. The van der Waals surface area contributed by atoms with Crippen LogP contribution in [-0.2, 0) is 0 Å². The average Bonchev–Trinajstić information content (AvgIpc) is 2.40. The summed E-state index contributed by atoms with van der Waals surface area (Å²) in [5.41, 5.74) is 0.239. The average molecular weight is 276 g/mol. The Kier molecular flexibility index (Phi) is 3.93. The Morgan fingerprint density at radius 2 is 2.00 bits per heavy atom. The maximum absolute atomic E-state index is 13.9. The predicted molar refractivity (Wildman–Crippen MR) is 70.1 cm³/mol. The zero-order chi connectivity index (χ0) is 14.7. The highest BCUT2D eigenvalue weighted by atomic mass is 19.1. The van der Waals surface area contributed by atoms with Crippen LogP contribution >= 0.6 is 0 Å². The molecule has 5 nitrogen and oxygen atoms in total. The second-order valence-electron chi connectivity index (χ2n) is 4.37. The lowest BCUT2D eigenvalue weighted by atomic mass is 10.1. The molecule has 0 bridgehead atoms. The molecule has 0 radical (unpaired) electrons. The van der Waals surface area contributed by atoms with Gasteiger partial charge in [-0.3, -0.25) is 4.98 Å². The van der Waals surface area contributed by atoms with E-state index >= 15 is 0 Å². The molecule has 1 aromatic carbocycles. The van der Waals surface area contributed by atoms with E-state index in [9.17, 15) is 9.18 Å². The van der Waals surface area contributed by atoms with Crippen LogP contribution in [-0.4, -0.2) is 27.1 Å². The van der Waals surface area contributed by atoms with E-state index in [0.29, 0.717) is 5.56 Å². The summed E-state index contributed by atoms with van der Waals surface area (Å²) in [6, 6.07) is 4.19. The zero-order valence-corrected chi connectivity index (χ0v) is 11.0. The number of ether oxygens (including phenoxy) is 1. The minimum absolute atomic E-state index is 0.115. The molecule has 2 rings (SSSR count). The molecule has 0 atom stereocenters. The number of aromatic carboxylic acids is 1. The molecule has 20 heavy (non-hydrogen) atoms. The molecule has 2 aromatic rings. The van der Waals surface area contributed by atoms with Gasteiger partial charge in [-0.15, -0.1) is 0 Å². The first-order chi connectivity index (χ1) is 9.49. The van der Waals surface area contributed by atoms with Gasteiger partial charge in [0.2, 0.25) is 0 Å². The molecule has 0 aliphatic carbocycles. The van der Waals surface area contributed by atoms with Gasteiger partial charge < -0.3 is 9.84 Å². The highest BCUT2D eigenvalue weighted by molar-refractivity contribution is 5.92. The number of halogens is 1. The van der Waals surface area contributed by atoms with Crippen LogP contribution < -0.4 is 4.74 Å². The summed E-state index contributed by atoms with van der Waals surface area (Å²) in [6.07, 6.45) is 2.49. The Labute approximate surface area is 115 Å². The minimum Gasteiger partial charge on any atom is -0.488 e. The van der Waals surface area contributed by atoms with Crippen molar-refractivity contribution in [3.8, 4) is 17.0 Å². The van der Waals surface area contributed by atoms with Crippen molar-refractivity contribution in [3.05, 3.63) is 42.1 Å². The van der Waals surface area contributed by atoms with Crippen LogP contribution in [0.1, 0.15) is 24.3 Å². The fourth-order valence-electron chi connectivity index (χ4n) is 1.70. The van der Waals surface area contributed by atoms with Crippen molar-refractivity contribution in [1.82, 2.24) is 9.97 Å². The Morgan fingerprint density at radius 1 is 1.30 bits per heavy atom. The highest BCUT2D eigenvalue weighted by Gasteiger charge is 2.16. The number of carboxylic acids is 1. The third-order valence-corrected chi connectivity index (χ3v) is 2.47. The van der Waals surface area contributed by atoms with E-state index in [1.54, 1.807) is 19.9 Å². The molecule has 0 aliphatic rings. The van der Waals surface area contributed by atoms with Gasteiger partial charge in [-0.1, -0.05) is 0 Å². The summed E-state index contributed by atoms with van der Waals surface area (Å²) < 4.78 is 19.2. The summed E-state index contributed by atoms with van der Waals surface area (Å²) >= 11 is 0. The molecule has 0 fully saturated rings. The van der Waals surface area contributed by atoms with Crippen molar-refractivity contribution in [3.63, 3.8) is 0 Å². The van der Waals surface area contributed by atoms with Gasteiger partial charge in [-0.05, 0) is 32.0 Å². The third kappa shape index (κ3) is 2.90. The number of hydrogen-bond acceptors (Lipinski definition) is 4. The minimum atomic E-state index is -1.21. The fraction of sp³-hybridized carbons (Fsp3) is 0.214. The van der Waals surface area contributed by atoms with Crippen LogP contribution in [0.15, 0.2) is 30.6 Å². The van der Waals surface area contributed by atoms with Gasteiger partial charge in [0, 0.05) is 18.0 Å². The Bertz CT molecular complexity index is 644. The molecule has 0 spiro atoms. The van der Waals surface area contributed by atoms with Gasteiger partial charge in [0.05, 0.1) is 6.10 Å². The van der Waals surface area contributed by atoms with Gasteiger partial charge in [0.25, 0.3) is 0 Å². The summed E-state index contributed by atoms with van der Waals surface area (Å²) in [6.45, 7) is 3.58. The van der Waals surface area contributed by atoms with E-state index in [-0.39, 0.29) is 23.2 Å². The Morgan fingerprint density at radius 3 is 2.60 bits per heavy atom. The zero-order valence-electron chi connectivity index (χ0n) is 11.0. The van der Waals surface area contributed by atoms with Gasteiger partial charge in [-0.2, -0.15) is 0 Å². The Hall–Kier alpha value is -2.50. The number of benzene rings is 1. The topological polar surface area (TPSA) is 72.3 Å². The summed E-state index contributed by atoms with van der Waals surface area (Å²) in [4.78, 5) is 18.8. The van der Waals surface area contributed by atoms with Crippen molar-refractivity contribution >= 4 is 5.97 Å². The van der Waals surface area contributed by atoms with Crippen LogP contribution in [0.3, 0.4) is 0 Å². The van der Waals surface area contributed by atoms with Crippen molar-refractivity contribution in [2.75, 3.05) is 0 Å². The van der Waals surface area contributed by atoms with Crippen molar-refractivity contribution in [2.45, 2.75) is 20.0 Å². The molecule has 0 saturated heterocycles. The van der Waals surface area contributed by atoms with Gasteiger partial charge in [0.15, 0.2) is 17.3 Å². The molecule has 1 heterocycles. The van der Waals surface area contributed by atoms with Crippen molar-refractivity contribution in [1.29, 1.82) is 0 Å². The molecule has 0 aliphatic heterocycles. The quantitative estimate of drug-likeness (QED) is 0.929. The number of hydrogen-bond donors (Lipinski definition) is 1. The summed E-state index contributed by atoms with van der Waals surface area (Å²) in [5, 5.41) is 9.05. The van der Waals surface area contributed by atoms with E-state index in [0.717, 1.165) is 0 Å². The normalized spacial score (nSPS) is 10.6. The van der Waals surface area contributed by atoms with E-state index in [1.165, 1.54) is 24.5 Å². The number of carboxylic acid groups (broad SMARTS) is 1. The molecule has 1 N–H and O–H groups in total. The molecular formula is C14H13FN2O3. The smallest absolute Gasteiger partial charge is 0.356 e. The number of rotatable bonds is 4. The van der Waals surface area contributed by atoms with Crippen molar-refractivity contribution < 1.29 is 19.0 Å². The summed E-state index contributed by atoms with van der Waals surface area (Å²) in [7, 11) is 0. The second kappa shape index (κ2) is 5.64. The maximum Gasteiger partial charge on any atom is 0.356 e.